The van der Waals surface area contributed by atoms with Crippen molar-refractivity contribution in [1.29, 1.82) is 0 Å². The average molecular weight is 401 g/mol. The molecule has 0 fully saturated rings. The van der Waals surface area contributed by atoms with Crippen LogP contribution in [-0.4, -0.2) is 22.5 Å². The van der Waals surface area contributed by atoms with Crippen molar-refractivity contribution in [2.75, 3.05) is 11.9 Å². The minimum Gasteiger partial charge on any atom is -0.494 e. The number of ether oxygens (including phenoxy) is 1. The minimum atomic E-state index is -0.464. The Kier molecular flexibility index (Phi) is 7.88. The highest BCUT2D eigenvalue weighted by Gasteiger charge is 2.15. The summed E-state index contributed by atoms with van der Waals surface area (Å²) in [6.45, 7) is 4.40. The third kappa shape index (κ3) is 6.02. The fourth-order valence-electron chi connectivity index (χ4n) is 2.53. The Morgan fingerprint density at radius 3 is 2.54 bits per heavy atom. The third-order valence-corrected chi connectivity index (χ3v) is 4.31. The molecular formula is C20H23N3O4S. The lowest BCUT2D eigenvalue weighted by molar-refractivity contribution is -0.385. The second-order valence-corrected chi connectivity index (χ2v) is 6.60. The average Bonchev–Trinajstić information content (AvgIpc) is 2.67. The topological polar surface area (TPSA) is 93.5 Å². The largest absolute Gasteiger partial charge is 0.494 e. The summed E-state index contributed by atoms with van der Waals surface area (Å²) < 4.78 is 5.62. The molecule has 0 saturated carbocycles. The summed E-state index contributed by atoms with van der Waals surface area (Å²) in [5, 5.41) is 16.5. The van der Waals surface area contributed by atoms with Gasteiger partial charge in [-0.25, -0.2) is 0 Å². The molecule has 2 aromatic carbocycles. The Morgan fingerprint density at radius 2 is 1.89 bits per heavy atom. The number of rotatable bonds is 8. The van der Waals surface area contributed by atoms with E-state index in [1.54, 1.807) is 43.3 Å². The molecular weight excluding hydrogens is 378 g/mol. The van der Waals surface area contributed by atoms with E-state index in [1.165, 1.54) is 6.07 Å². The molecule has 2 N–H and O–H groups in total. The second-order valence-electron chi connectivity index (χ2n) is 6.20. The molecule has 0 aliphatic heterocycles. The fraction of sp³-hybridized carbons (Fsp3) is 0.300. The van der Waals surface area contributed by atoms with Crippen molar-refractivity contribution in [1.82, 2.24) is 5.32 Å². The van der Waals surface area contributed by atoms with Gasteiger partial charge in [-0.3, -0.25) is 20.2 Å². The Morgan fingerprint density at radius 1 is 1.18 bits per heavy atom. The van der Waals surface area contributed by atoms with E-state index in [2.05, 4.69) is 17.6 Å². The highest BCUT2D eigenvalue weighted by Crippen LogP contribution is 2.24. The number of anilines is 1. The quantitative estimate of drug-likeness (QED) is 0.291. The molecule has 8 heteroatoms. The summed E-state index contributed by atoms with van der Waals surface area (Å²) in [6, 6.07) is 11.4. The maximum atomic E-state index is 12.3. The van der Waals surface area contributed by atoms with Gasteiger partial charge in [0.1, 0.15) is 5.75 Å². The van der Waals surface area contributed by atoms with Crippen LogP contribution in [-0.2, 0) is 0 Å². The molecule has 0 radical (unpaired) electrons. The molecule has 2 aromatic rings. The van der Waals surface area contributed by atoms with Gasteiger partial charge in [-0.05, 0) is 55.9 Å². The maximum Gasteiger partial charge on any atom is 0.274 e. The van der Waals surface area contributed by atoms with Gasteiger partial charge in [-0.1, -0.05) is 25.8 Å². The molecule has 0 atom stereocenters. The predicted molar refractivity (Wildman–Crippen MR) is 113 cm³/mol. The number of carbonyl (C=O) groups excluding carboxylic acids is 1. The van der Waals surface area contributed by atoms with Gasteiger partial charge in [-0.2, -0.15) is 0 Å². The number of amides is 1. The van der Waals surface area contributed by atoms with Crippen LogP contribution in [0.15, 0.2) is 42.5 Å². The number of nitro groups is 1. The molecule has 7 nitrogen and oxygen atoms in total. The molecule has 0 heterocycles. The van der Waals surface area contributed by atoms with Crippen molar-refractivity contribution < 1.29 is 14.5 Å². The van der Waals surface area contributed by atoms with Gasteiger partial charge in [0.2, 0.25) is 0 Å². The zero-order valence-corrected chi connectivity index (χ0v) is 16.7. The summed E-state index contributed by atoms with van der Waals surface area (Å²) in [4.78, 5) is 22.9. The molecule has 28 heavy (non-hydrogen) atoms. The molecule has 0 bridgehead atoms. The molecule has 0 unspecified atom stereocenters. The van der Waals surface area contributed by atoms with Crippen molar-refractivity contribution in [3.8, 4) is 5.75 Å². The number of hydrogen-bond acceptors (Lipinski definition) is 5. The highest BCUT2D eigenvalue weighted by molar-refractivity contribution is 7.80. The Hall–Kier alpha value is -3.00. The summed E-state index contributed by atoms with van der Waals surface area (Å²) in [6.07, 6.45) is 3.25. The van der Waals surface area contributed by atoms with Gasteiger partial charge in [0.25, 0.3) is 11.6 Å². The van der Waals surface area contributed by atoms with Crippen LogP contribution in [0.1, 0.15) is 42.1 Å². The Balaban J connectivity index is 1.93. The lowest BCUT2D eigenvalue weighted by atomic mass is 10.1. The molecule has 0 aromatic heterocycles. The van der Waals surface area contributed by atoms with E-state index in [9.17, 15) is 14.9 Å². The Bertz CT molecular complexity index is 853. The summed E-state index contributed by atoms with van der Waals surface area (Å²) in [5.74, 6) is 0.332. The van der Waals surface area contributed by atoms with Gasteiger partial charge in [0.05, 0.1) is 22.8 Å². The third-order valence-electron chi connectivity index (χ3n) is 4.11. The van der Waals surface area contributed by atoms with Gasteiger partial charge in [0.15, 0.2) is 5.11 Å². The van der Waals surface area contributed by atoms with Crippen molar-refractivity contribution in [2.24, 2.45) is 0 Å². The van der Waals surface area contributed by atoms with E-state index in [1.807, 2.05) is 0 Å². The van der Waals surface area contributed by atoms with E-state index in [0.717, 1.165) is 19.3 Å². The number of nitrogens with one attached hydrogen (secondary N) is 2. The molecule has 148 valence electrons. The molecule has 0 saturated heterocycles. The first kappa shape index (κ1) is 21.3. The molecule has 0 aliphatic carbocycles. The van der Waals surface area contributed by atoms with Gasteiger partial charge in [-0.15, -0.1) is 0 Å². The van der Waals surface area contributed by atoms with Gasteiger partial charge >= 0.3 is 0 Å². The van der Waals surface area contributed by atoms with E-state index in [-0.39, 0.29) is 16.7 Å². The molecule has 0 aliphatic rings. The fourth-order valence-corrected chi connectivity index (χ4v) is 2.73. The van der Waals surface area contributed by atoms with Crippen molar-refractivity contribution in [3.63, 3.8) is 0 Å². The van der Waals surface area contributed by atoms with E-state index >= 15 is 0 Å². The van der Waals surface area contributed by atoms with E-state index in [4.69, 9.17) is 17.0 Å². The SMILES string of the molecule is CCCCCOc1ccc(C(=O)NC(=S)Nc2cccc([N+](=O)[O-])c2C)cc1. The standard InChI is InChI=1S/C20H23N3O4S/c1-3-4-5-13-27-16-11-9-15(10-12-16)19(24)22-20(28)21-17-7-6-8-18(14(17)2)23(25)26/h6-12H,3-5,13H2,1-2H3,(H2,21,22,24,28). The first-order valence-electron chi connectivity index (χ1n) is 9.01. The van der Waals surface area contributed by atoms with Crippen molar-refractivity contribution >= 4 is 34.6 Å². The van der Waals surface area contributed by atoms with Crippen LogP contribution < -0.4 is 15.4 Å². The van der Waals surface area contributed by atoms with Crippen molar-refractivity contribution in [2.45, 2.75) is 33.1 Å². The summed E-state index contributed by atoms with van der Waals surface area (Å²) in [5.41, 5.74) is 1.32. The van der Waals surface area contributed by atoms with Crippen LogP contribution in [0.5, 0.6) is 5.75 Å². The van der Waals surface area contributed by atoms with Gasteiger partial charge < -0.3 is 10.1 Å². The zero-order valence-electron chi connectivity index (χ0n) is 15.9. The number of carbonyl (C=O) groups is 1. The summed E-state index contributed by atoms with van der Waals surface area (Å²) in [7, 11) is 0. The monoisotopic (exact) mass is 401 g/mol. The second kappa shape index (κ2) is 10.4. The number of benzene rings is 2. The van der Waals surface area contributed by atoms with Crippen molar-refractivity contribution in [3.05, 3.63) is 63.7 Å². The van der Waals surface area contributed by atoms with Crippen LogP contribution in [0.2, 0.25) is 0 Å². The van der Waals surface area contributed by atoms with Crippen LogP contribution in [0.25, 0.3) is 0 Å². The number of hydrogen-bond donors (Lipinski definition) is 2. The number of nitrogens with zero attached hydrogens (tertiary/aromatic N) is 1. The zero-order chi connectivity index (χ0) is 20.5. The smallest absolute Gasteiger partial charge is 0.274 e. The highest BCUT2D eigenvalue weighted by atomic mass is 32.1. The van der Waals surface area contributed by atoms with Crippen LogP contribution in [0, 0.1) is 17.0 Å². The van der Waals surface area contributed by atoms with Crippen LogP contribution in [0.4, 0.5) is 11.4 Å². The van der Waals surface area contributed by atoms with Crippen LogP contribution >= 0.6 is 12.2 Å². The number of thiocarbonyl (C=S) groups is 1. The molecule has 2 rings (SSSR count). The predicted octanol–water partition coefficient (Wildman–Crippen LogP) is 4.60. The van der Waals surface area contributed by atoms with Crippen LogP contribution in [0.3, 0.4) is 0 Å². The first-order valence-corrected chi connectivity index (χ1v) is 9.42. The molecule has 0 spiro atoms. The lowest BCUT2D eigenvalue weighted by Crippen LogP contribution is -2.34. The first-order chi connectivity index (χ1) is 13.4. The number of nitro benzene ring substituents is 1. The van der Waals surface area contributed by atoms with E-state index < -0.39 is 4.92 Å². The lowest BCUT2D eigenvalue weighted by Gasteiger charge is -2.12. The maximum absolute atomic E-state index is 12.3. The van der Waals surface area contributed by atoms with Gasteiger partial charge in [0, 0.05) is 11.6 Å². The minimum absolute atomic E-state index is 0.0198. The number of unbranched alkanes of at least 4 members (excludes halogenated alkanes) is 2. The summed E-state index contributed by atoms with van der Waals surface area (Å²) >= 11 is 5.15. The molecule has 1 amide bonds. The Labute approximate surface area is 169 Å². The van der Waals surface area contributed by atoms with E-state index in [0.29, 0.717) is 29.2 Å². The normalized spacial score (nSPS) is 10.2.